The first-order chi connectivity index (χ1) is 9.61. The Morgan fingerprint density at radius 3 is 3.00 bits per heavy atom. The number of aromatic amines is 1. The number of pyridine rings is 1. The zero-order chi connectivity index (χ0) is 14.5. The van der Waals surface area contributed by atoms with Gasteiger partial charge >= 0.3 is 0 Å². The average Bonchev–Trinajstić information content (AvgIpc) is 2.45. The molecule has 0 unspecified atom stereocenters. The number of ether oxygens (including phenoxy) is 1. The van der Waals surface area contributed by atoms with Crippen LogP contribution in [0.4, 0.5) is 0 Å². The molecular weight excluding hydrogens is 324 g/mol. The summed E-state index contributed by atoms with van der Waals surface area (Å²) in [5.74, 6) is 0.0315. The number of nitrogens with zero attached hydrogens (tertiary/aromatic N) is 1. The molecule has 2 rings (SSSR count). The molecule has 108 valence electrons. The summed E-state index contributed by atoms with van der Waals surface area (Å²) in [5.41, 5.74) is 1.73. The van der Waals surface area contributed by atoms with Crippen molar-refractivity contribution < 1.29 is 9.53 Å². The Morgan fingerprint density at radius 1 is 1.55 bits per heavy atom. The summed E-state index contributed by atoms with van der Waals surface area (Å²) >= 11 is 3.22. The lowest BCUT2D eigenvalue weighted by Gasteiger charge is -2.26. The number of amides is 1. The van der Waals surface area contributed by atoms with Gasteiger partial charge in [0.2, 0.25) is 5.91 Å². The van der Waals surface area contributed by atoms with Gasteiger partial charge in [-0.15, -0.1) is 0 Å². The fourth-order valence-corrected chi connectivity index (χ4v) is 2.55. The minimum absolute atomic E-state index is 0.0315. The van der Waals surface area contributed by atoms with Gasteiger partial charge in [-0.2, -0.15) is 0 Å². The molecule has 1 aromatic rings. The van der Waals surface area contributed by atoms with Crippen LogP contribution < -0.4 is 5.56 Å². The van der Waals surface area contributed by atoms with Crippen LogP contribution in [0.5, 0.6) is 0 Å². The SMILES string of the molecule is COCC1=CCN(C(=O)Cc2cc[nH]c(=O)c2Br)CC1. The first-order valence-electron chi connectivity index (χ1n) is 6.42. The Labute approximate surface area is 125 Å². The first kappa shape index (κ1) is 15.0. The van der Waals surface area contributed by atoms with E-state index in [0.717, 1.165) is 6.42 Å². The van der Waals surface area contributed by atoms with E-state index in [1.165, 1.54) is 5.57 Å². The highest BCUT2D eigenvalue weighted by molar-refractivity contribution is 9.10. The summed E-state index contributed by atoms with van der Waals surface area (Å²) in [6.07, 6.45) is 4.67. The normalized spacial score (nSPS) is 15.1. The summed E-state index contributed by atoms with van der Waals surface area (Å²) in [4.78, 5) is 28.0. The van der Waals surface area contributed by atoms with Gasteiger partial charge in [-0.1, -0.05) is 6.08 Å². The number of methoxy groups -OCH3 is 1. The quantitative estimate of drug-likeness (QED) is 0.844. The largest absolute Gasteiger partial charge is 0.380 e. The van der Waals surface area contributed by atoms with Crippen LogP contribution in [0.1, 0.15) is 12.0 Å². The van der Waals surface area contributed by atoms with Crippen molar-refractivity contribution in [1.29, 1.82) is 0 Å². The third-order valence-electron chi connectivity index (χ3n) is 3.31. The maximum Gasteiger partial charge on any atom is 0.262 e. The Morgan fingerprint density at radius 2 is 2.35 bits per heavy atom. The summed E-state index contributed by atoms with van der Waals surface area (Å²) in [7, 11) is 1.67. The number of halogens is 1. The third kappa shape index (κ3) is 3.58. The molecule has 0 radical (unpaired) electrons. The van der Waals surface area contributed by atoms with E-state index in [-0.39, 0.29) is 17.9 Å². The number of carbonyl (C=O) groups excluding carboxylic acids is 1. The van der Waals surface area contributed by atoms with Crippen LogP contribution in [0.15, 0.2) is 33.2 Å². The molecule has 6 heteroatoms. The maximum absolute atomic E-state index is 12.2. The van der Waals surface area contributed by atoms with Crippen LogP contribution in [0.25, 0.3) is 0 Å². The van der Waals surface area contributed by atoms with Crippen molar-refractivity contribution in [2.75, 3.05) is 26.8 Å². The molecule has 0 aromatic carbocycles. The Hall–Kier alpha value is -1.40. The van der Waals surface area contributed by atoms with Crippen LogP contribution >= 0.6 is 15.9 Å². The molecule has 5 nitrogen and oxygen atoms in total. The van der Waals surface area contributed by atoms with Gasteiger partial charge in [0.15, 0.2) is 0 Å². The molecule has 0 saturated carbocycles. The first-order valence-corrected chi connectivity index (χ1v) is 7.22. The molecular formula is C14H17BrN2O3. The van der Waals surface area contributed by atoms with E-state index in [9.17, 15) is 9.59 Å². The smallest absolute Gasteiger partial charge is 0.262 e. The lowest BCUT2D eigenvalue weighted by Crippen LogP contribution is -2.36. The van der Waals surface area contributed by atoms with E-state index in [1.54, 1.807) is 24.3 Å². The van der Waals surface area contributed by atoms with Crippen LogP contribution in [0.2, 0.25) is 0 Å². The lowest BCUT2D eigenvalue weighted by atomic mass is 10.1. The van der Waals surface area contributed by atoms with Crippen molar-refractivity contribution >= 4 is 21.8 Å². The summed E-state index contributed by atoms with van der Waals surface area (Å²) in [6, 6.07) is 1.75. The second kappa shape index (κ2) is 6.85. The van der Waals surface area contributed by atoms with Gasteiger partial charge in [0, 0.05) is 26.4 Å². The van der Waals surface area contributed by atoms with Crippen molar-refractivity contribution in [3.05, 3.63) is 44.3 Å². The second-order valence-electron chi connectivity index (χ2n) is 4.71. The monoisotopic (exact) mass is 340 g/mol. The topological polar surface area (TPSA) is 62.4 Å². The van der Waals surface area contributed by atoms with Gasteiger partial charge in [-0.3, -0.25) is 9.59 Å². The Bertz CT molecular complexity index is 580. The van der Waals surface area contributed by atoms with Crippen LogP contribution in [0, 0.1) is 0 Å². The average molecular weight is 341 g/mol. The van der Waals surface area contributed by atoms with E-state index in [4.69, 9.17) is 4.74 Å². The van der Waals surface area contributed by atoms with E-state index < -0.39 is 0 Å². The molecule has 0 bridgehead atoms. The van der Waals surface area contributed by atoms with Gasteiger partial charge in [0.1, 0.15) is 0 Å². The van der Waals surface area contributed by atoms with E-state index in [1.807, 2.05) is 6.08 Å². The van der Waals surface area contributed by atoms with E-state index in [0.29, 0.717) is 29.7 Å². The van der Waals surface area contributed by atoms with Crippen LogP contribution in [-0.2, 0) is 16.0 Å². The standard InChI is InChI=1S/C14H17BrN2O3/c1-20-9-10-3-6-17(7-4-10)12(18)8-11-2-5-16-14(19)13(11)15/h2-3,5H,4,6-9H2,1H3,(H,16,19). The number of nitrogens with one attached hydrogen (secondary N) is 1. The molecule has 0 atom stereocenters. The molecule has 0 fully saturated rings. The summed E-state index contributed by atoms with van der Waals surface area (Å²) < 4.78 is 5.52. The van der Waals surface area contributed by atoms with Gasteiger partial charge in [0.25, 0.3) is 5.56 Å². The molecule has 1 N–H and O–H groups in total. The van der Waals surface area contributed by atoms with Crippen molar-refractivity contribution in [3.63, 3.8) is 0 Å². The summed E-state index contributed by atoms with van der Waals surface area (Å²) in [5, 5.41) is 0. The minimum atomic E-state index is -0.212. The van der Waals surface area contributed by atoms with Gasteiger partial charge in [0.05, 0.1) is 17.5 Å². The predicted octanol–water partition coefficient (Wildman–Crippen LogP) is 1.48. The lowest BCUT2D eigenvalue weighted by molar-refractivity contribution is -0.130. The highest BCUT2D eigenvalue weighted by Gasteiger charge is 2.18. The number of carbonyl (C=O) groups is 1. The third-order valence-corrected chi connectivity index (χ3v) is 4.18. The number of hydrogen-bond donors (Lipinski definition) is 1. The van der Waals surface area contributed by atoms with Crippen molar-refractivity contribution in [2.24, 2.45) is 0 Å². The van der Waals surface area contributed by atoms with E-state index in [2.05, 4.69) is 20.9 Å². The van der Waals surface area contributed by atoms with Crippen LogP contribution in [0.3, 0.4) is 0 Å². The summed E-state index contributed by atoms with van der Waals surface area (Å²) in [6.45, 7) is 1.94. The fourth-order valence-electron chi connectivity index (χ4n) is 2.17. The number of aromatic nitrogens is 1. The molecule has 20 heavy (non-hydrogen) atoms. The van der Waals surface area contributed by atoms with Crippen molar-refractivity contribution in [1.82, 2.24) is 9.88 Å². The van der Waals surface area contributed by atoms with Gasteiger partial charge in [-0.25, -0.2) is 0 Å². The molecule has 2 heterocycles. The molecule has 1 amide bonds. The molecule has 1 aliphatic heterocycles. The zero-order valence-electron chi connectivity index (χ0n) is 11.3. The molecule has 1 aromatic heterocycles. The molecule has 0 aliphatic carbocycles. The van der Waals surface area contributed by atoms with Gasteiger partial charge < -0.3 is 14.6 Å². The van der Waals surface area contributed by atoms with E-state index >= 15 is 0 Å². The highest BCUT2D eigenvalue weighted by Crippen LogP contribution is 2.15. The molecule has 0 saturated heterocycles. The Kier molecular flexibility index (Phi) is 5.14. The number of hydrogen-bond acceptors (Lipinski definition) is 3. The second-order valence-corrected chi connectivity index (χ2v) is 5.50. The maximum atomic E-state index is 12.2. The zero-order valence-corrected chi connectivity index (χ0v) is 12.9. The number of H-pyrrole nitrogens is 1. The highest BCUT2D eigenvalue weighted by atomic mass is 79.9. The minimum Gasteiger partial charge on any atom is -0.380 e. The van der Waals surface area contributed by atoms with Gasteiger partial charge in [-0.05, 0) is 39.6 Å². The van der Waals surface area contributed by atoms with Crippen LogP contribution in [-0.4, -0.2) is 42.6 Å². The molecule has 1 aliphatic rings. The number of rotatable bonds is 4. The predicted molar refractivity (Wildman–Crippen MR) is 79.6 cm³/mol. The molecule has 0 spiro atoms. The van der Waals surface area contributed by atoms with Crippen molar-refractivity contribution in [3.8, 4) is 0 Å². The Balaban J connectivity index is 2.00. The fraction of sp³-hybridized carbons (Fsp3) is 0.429. The van der Waals surface area contributed by atoms with Crippen molar-refractivity contribution in [2.45, 2.75) is 12.8 Å².